The Morgan fingerprint density at radius 2 is 1.32 bits per heavy atom. The number of esters is 1. The molecule has 0 bridgehead atoms. The van der Waals surface area contributed by atoms with E-state index in [1.807, 2.05) is 42.5 Å². The number of carbonyl (C=O) groups is 2. The largest absolute Gasteiger partial charge is 0.460 e. The lowest BCUT2D eigenvalue weighted by Crippen LogP contribution is -2.44. The van der Waals surface area contributed by atoms with E-state index >= 15 is 0 Å². The first-order chi connectivity index (χ1) is 16.6. The minimum absolute atomic E-state index is 0.172. The minimum Gasteiger partial charge on any atom is -0.460 e. The van der Waals surface area contributed by atoms with E-state index in [2.05, 4.69) is 4.90 Å². The molecule has 1 aliphatic rings. The summed E-state index contributed by atoms with van der Waals surface area (Å²) in [5, 5.41) is 11.6. The maximum Gasteiger partial charge on any atom is 0.347 e. The van der Waals surface area contributed by atoms with Gasteiger partial charge in [0, 0.05) is 25.1 Å². The summed E-state index contributed by atoms with van der Waals surface area (Å²) in [7, 11) is 0. The molecule has 0 radical (unpaired) electrons. The Bertz CT molecular complexity index is 1020. The molecule has 5 heteroatoms. The van der Waals surface area contributed by atoms with Gasteiger partial charge in [-0.2, -0.15) is 0 Å². The van der Waals surface area contributed by atoms with Crippen LogP contribution >= 0.6 is 0 Å². The highest BCUT2D eigenvalue weighted by molar-refractivity contribution is 5.95. The Morgan fingerprint density at radius 3 is 1.85 bits per heavy atom. The molecule has 3 aromatic rings. The lowest BCUT2D eigenvalue weighted by molar-refractivity contribution is -0.170. The molecule has 0 saturated carbocycles. The molecule has 4 rings (SSSR count). The lowest BCUT2D eigenvalue weighted by Gasteiger charge is -2.34. The quantitative estimate of drug-likeness (QED) is 0.376. The number of Topliss-reactive ketones (excluding diaryl/α,β-unsaturated/α-hetero) is 1. The monoisotopic (exact) mass is 457 g/mol. The normalized spacial score (nSPS) is 15.1. The van der Waals surface area contributed by atoms with Gasteiger partial charge in [-0.25, -0.2) is 4.79 Å². The standard InChI is InChI=1S/C29H31NO4/c31-27(23-11-4-1-5-12-23)17-10-20-30-21-18-26(19-22-30)34-28(32)29(33,24-13-6-2-7-14-24)25-15-8-3-9-16-25/h1-9,11-16,26,33H,10,17-22H2. The smallest absolute Gasteiger partial charge is 0.347 e. The van der Waals surface area contributed by atoms with E-state index in [4.69, 9.17) is 4.74 Å². The number of rotatable bonds is 9. The third-order valence-corrected chi connectivity index (χ3v) is 6.46. The summed E-state index contributed by atoms with van der Waals surface area (Å²) in [6.45, 7) is 2.44. The summed E-state index contributed by atoms with van der Waals surface area (Å²) in [6, 6.07) is 27.3. The van der Waals surface area contributed by atoms with Crippen molar-refractivity contribution in [1.82, 2.24) is 4.90 Å². The summed E-state index contributed by atoms with van der Waals surface area (Å²) in [5.41, 5.74) is -0.104. The molecule has 1 fully saturated rings. The van der Waals surface area contributed by atoms with Crippen molar-refractivity contribution >= 4 is 11.8 Å². The zero-order chi connectivity index (χ0) is 23.8. The first-order valence-electron chi connectivity index (χ1n) is 11.9. The predicted octanol–water partition coefficient (Wildman–Crippen LogP) is 4.59. The number of hydrogen-bond donors (Lipinski definition) is 1. The van der Waals surface area contributed by atoms with Crippen LogP contribution in [0.25, 0.3) is 0 Å². The molecule has 1 saturated heterocycles. The van der Waals surface area contributed by atoms with Crippen LogP contribution < -0.4 is 0 Å². The van der Waals surface area contributed by atoms with Gasteiger partial charge in [0.25, 0.3) is 0 Å². The average molecular weight is 458 g/mol. The highest BCUT2D eigenvalue weighted by Crippen LogP contribution is 2.32. The Morgan fingerprint density at radius 1 is 0.824 bits per heavy atom. The van der Waals surface area contributed by atoms with Gasteiger partial charge in [0.2, 0.25) is 5.60 Å². The van der Waals surface area contributed by atoms with Gasteiger partial charge in [0.15, 0.2) is 5.78 Å². The molecule has 0 aromatic heterocycles. The van der Waals surface area contributed by atoms with Crippen LogP contribution in [0.15, 0.2) is 91.0 Å². The molecular weight excluding hydrogens is 426 g/mol. The van der Waals surface area contributed by atoms with Gasteiger partial charge in [0.1, 0.15) is 6.10 Å². The maximum absolute atomic E-state index is 13.3. The second kappa shape index (κ2) is 11.2. The molecule has 0 amide bonds. The van der Waals surface area contributed by atoms with Crippen molar-refractivity contribution in [2.45, 2.75) is 37.4 Å². The Kier molecular flexibility index (Phi) is 7.88. The first-order valence-corrected chi connectivity index (χ1v) is 11.9. The number of nitrogens with zero attached hydrogens (tertiary/aromatic N) is 1. The van der Waals surface area contributed by atoms with E-state index in [0.29, 0.717) is 30.4 Å². The van der Waals surface area contributed by atoms with Gasteiger partial charge in [-0.15, -0.1) is 0 Å². The molecule has 34 heavy (non-hydrogen) atoms. The summed E-state index contributed by atoms with van der Waals surface area (Å²) >= 11 is 0. The molecule has 1 heterocycles. The van der Waals surface area contributed by atoms with Gasteiger partial charge >= 0.3 is 5.97 Å². The van der Waals surface area contributed by atoms with Gasteiger partial charge in [-0.3, -0.25) is 4.79 Å². The SMILES string of the molecule is O=C(CCCN1CCC(OC(=O)C(O)(c2ccccc2)c2ccccc2)CC1)c1ccccc1. The van der Waals surface area contributed by atoms with E-state index in [-0.39, 0.29) is 11.9 Å². The topological polar surface area (TPSA) is 66.8 Å². The summed E-state index contributed by atoms with van der Waals surface area (Å²) < 4.78 is 5.84. The fourth-order valence-electron chi connectivity index (χ4n) is 4.48. The van der Waals surface area contributed by atoms with Crippen LogP contribution in [0.3, 0.4) is 0 Å². The molecule has 176 valence electrons. The van der Waals surface area contributed by atoms with E-state index in [9.17, 15) is 14.7 Å². The van der Waals surface area contributed by atoms with E-state index in [1.54, 1.807) is 48.5 Å². The molecule has 0 unspecified atom stereocenters. The lowest BCUT2D eigenvalue weighted by atomic mass is 9.86. The second-order valence-electron chi connectivity index (χ2n) is 8.78. The first kappa shape index (κ1) is 23.9. The van der Waals surface area contributed by atoms with Crippen molar-refractivity contribution in [2.75, 3.05) is 19.6 Å². The van der Waals surface area contributed by atoms with Crippen LogP contribution in [0.2, 0.25) is 0 Å². The molecule has 0 spiro atoms. The van der Waals surface area contributed by atoms with E-state index < -0.39 is 11.6 Å². The summed E-state index contributed by atoms with van der Waals surface area (Å²) in [6.07, 6.45) is 2.50. The van der Waals surface area contributed by atoms with Gasteiger partial charge < -0.3 is 14.7 Å². The number of carbonyl (C=O) groups excluding carboxylic acids is 2. The highest BCUT2D eigenvalue weighted by atomic mass is 16.6. The van der Waals surface area contributed by atoms with Crippen molar-refractivity contribution in [2.24, 2.45) is 0 Å². The van der Waals surface area contributed by atoms with Crippen molar-refractivity contribution in [3.63, 3.8) is 0 Å². The third kappa shape index (κ3) is 5.61. The number of benzene rings is 3. The number of ether oxygens (including phenoxy) is 1. The van der Waals surface area contributed by atoms with Crippen molar-refractivity contribution in [1.29, 1.82) is 0 Å². The maximum atomic E-state index is 13.3. The summed E-state index contributed by atoms with van der Waals surface area (Å²) in [5.74, 6) is -0.470. The minimum atomic E-state index is -1.85. The molecule has 1 aliphatic heterocycles. The van der Waals surface area contributed by atoms with Crippen LogP contribution in [-0.4, -0.2) is 47.5 Å². The Balaban J connectivity index is 1.30. The van der Waals surface area contributed by atoms with Crippen LogP contribution in [0.5, 0.6) is 0 Å². The van der Waals surface area contributed by atoms with Crippen molar-refractivity contribution in [3.05, 3.63) is 108 Å². The molecule has 0 atom stereocenters. The van der Waals surface area contributed by atoms with Crippen molar-refractivity contribution < 1.29 is 19.4 Å². The van der Waals surface area contributed by atoms with Crippen LogP contribution in [-0.2, 0) is 15.1 Å². The predicted molar refractivity (Wildman–Crippen MR) is 131 cm³/mol. The van der Waals surface area contributed by atoms with Crippen molar-refractivity contribution in [3.8, 4) is 0 Å². The number of hydrogen-bond acceptors (Lipinski definition) is 5. The Hall–Kier alpha value is -3.28. The van der Waals surface area contributed by atoms with Crippen LogP contribution in [0.4, 0.5) is 0 Å². The van der Waals surface area contributed by atoms with Crippen LogP contribution in [0.1, 0.15) is 47.2 Å². The average Bonchev–Trinajstić information content (AvgIpc) is 2.90. The number of aliphatic hydroxyl groups is 1. The number of ketones is 1. The van der Waals surface area contributed by atoms with Gasteiger partial charge in [0.05, 0.1) is 0 Å². The fourth-order valence-corrected chi connectivity index (χ4v) is 4.48. The molecule has 3 aromatic carbocycles. The molecular formula is C29H31NO4. The second-order valence-corrected chi connectivity index (χ2v) is 8.78. The van der Waals surface area contributed by atoms with Crippen LogP contribution in [0, 0.1) is 0 Å². The summed E-state index contributed by atoms with van der Waals surface area (Å²) in [4.78, 5) is 27.9. The zero-order valence-electron chi connectivity index (χ0n) is 19.3. The third-order valence-electron chi connectivity index (χ3n) is 6.46. The van der Waals surface area contributed by atoms with E-state index in [1.165, 1.54) is 0 Å². The van der Waals surface area contributed by atoms with Gasteiger partial charge in [-0.1, -0.05) is 91.0 Å². The fraction of sp³-hybridized carbons (Fsp3) is 0.310. The molecule has 5 nitrogen and oxygen atoms in total. The Labute approximate surface area is 201 Å². The molecule has 1 N–H and O–H groups in total. The number of piperidine rings is 1. The highest BCUT2D eigenvalue weighted by Gasteiger charge is 2.42. The molecule has 0 aliphatic carbocycles. The zero-order valence-corrected chi connectivity index (χ0v) is 19.3. The number of likely N-dealkylation sites (tertiary alicyclic amines) is 1. The van der Waals surface area contributed by atoms with E-state index in [0.717, 1.165) is 31.6 Å². The van der Waals surface area contributed by atoms with Gasteiger partial charge in [-0.05, 0) is 36.9 Å².